The molecule has 100 valence electrons. The van der Waals surface area contributed by atoms with Crippen LogP contribution in [0.1, 0.15) is 13.8 Å². The van der Waals surface area contributed by atoms with Crippen LogP contribution < -0.4 is 15.8 Å². The number of halogens is 1. The summed E-state index contributed by atoms with van der Waals surface area (Å²) < 4.78 is 18.2. The molecule has 0 fully saturated rings. The van der Waals surface area contributed by atoms with Gasteiger partial charge in [0, 0.05) is 12.6 Å². The third kappa shape index (κ3) is 6.08. The van der Waals surface area contributed by atoms with Crippen molar-refractivity contribution >= 4 is 5.96 Å². The number of guanidine groups is 1. The predicted octanol–water partition coefficient (Wildman–Crippen LogP) is 1.76. The molecule has 1 aromatic rings. The summed E-state index contributed by atoms with van der Waals surface area (Å²) in [6.07, 6.45) is 0. The van der Waals surface area contributed by atoms with Crippen LogP contribution in [-0.2, 0) is 0 Å². The molecular weight excluding hydrogens is 233 g/mol. The van der Waals surface area contributed by atoms with Gasteiger partial charge in [-0.1, -0.05) is 19.9 Å². The van der Waals surface area contributed by atoms with E-state index in [1.807, 2.05) is 0 Å². The lowest BCUT2D eigenvalue weighted by molar-refractivity contribution is 0.320. The molecule has 0 heterocycles. The van der Waals surface area contributed by atoms with Gasteiger partial charge in [0.15, 0.2) is 5.96 Å². The smallest absolute Gasteiger partial charge is 0.188 e. The second kappa shape index (κ2) is 7.53. The number of nitrogens with one attached hydrogen (secondary N) is 1. The fourth-order valence-electron chi connectivity index (χ4n) is 1.24. The van der Waals surface area contributed by atoms with Gasteiger partial charge in [-0.3, -0.25) is 4.99 Å². The number of rotatable bonds is 6. The SMILES string of the molecule is CC(C)CN=C(N)NCCOc1cccc(F)c1. The van der Waals surface area contributed by atoms with Gasteiger partial charge in [0.2, 0.25) is 0 Å². The van der Waals surface area contributed by atoms with Crippen molar-refractivity contribution in [3.8, 4) is 5.75 Å². The molecule has 18 heavy (non-hydrogen) atoms. The Labute approximate surface area is 107 Å². The van der Waals surface area contributed by atoms with Crippen LogP contribution in [0, 0.1) is 11.7 Å². The number of nitrogens with two attached hydrogens (primary N) is 1. The molecule has 0 bridgehead atoms. The van der Waals surface area contributed by atoms with E-state index < -0.39 is 0 Å². The van der Waals surface area contributed by atoms with Crippen LogP contribution in [0.2, 0.25) is 0 Å². The standard InChI is InChI=1S/C13H20FN3O/c1-10(2)9-17-13(15)16-6-7-18-12-5-3-4-11(14)8-12/h3-5,8,10H,6-7,9H2,1-2H3,(H3,15,16,17). The highest BCUT2D eigenvalue weighted by molar-refractivity contribution is 5.77. The Kier molecular flexibility index (Phi) is 5.97. The number of ether oxygens (including phenoxy) is 1. The summed E-state index contributed by atoms with van der Waals surface area (Å²) in [5.41, 5.74) is 5.65. The maximum Gasteiger partial charge on any atom is 0.188 e. The molecule has 0 aliphatic heterocycles. The first-order chi connectivity index (χ1) is 8.58. The van der Waals surface area contributed by atoms with Crippen molar-refractivity contribution in [1.29, 1.82) is 0 Å². The average Bonchev–Trinajstić information content (AvgIpc) is 2.32. The molecule has 0 saturated heterocycles. The van der Waals surface area contributed by atoms with Gasteiger partial charge in [-0.25, -0.2) is 4.39 Å². The highest BCUT2D eigenvalue weighted by atomic mass is 19.1. The molecule has 0 radical (unpaired) electrons. The summed E-state index contributed by atoms with van der Waals surface area (Å²) >= 11 is 0. The third-order valence-corrected chi connectivity index (χ3v) is 2.10. The minimum atomic E-state index is -0.307. The molecule has 0 aliphatic carbocycles. The zero-order chi connectivity index (χ0) is 13.4. The lowest BCUT2D eigenvalue weighted by atomic mass is 10.2. The van der Waals surface area contributed by atoms with Gasteiger partial charge in [0.1, 0.15) is 18.2 Å². The molecule has 5 heteroatoms. The van der Waals surface area contributed by atoms with Crippen LogP contribution in [-0.4, -0.2) is 25.7 Å². The largest absolute Gasteiger partial charge is 0.492 e. The molecular formula is C13H20FN3O. The first-order valence-electron chi connectivity index (χ1n) is 6.00. The van der Waals surface area contributed by atoms with Crippen molar-refractivity contribution in [2.24, 2.45) is 16.6 Å². The van der Waals surface area contributed by atoms with E-state index in [9.17, 15) is 4.39 Å². The first kappa shape index (κ1) is 14.3. The first-order valence-corrected chi connectivity index (χ1v) is 6.00. The number of hydrogen-bond acceptors (Lipinski definition) is 2. The van der Waals surface area contributed by atoms with Gasteiger partial charge < -0.3 is 15.8 Å². The molecule has 0 atom stereocenters. The maximum absolute atomic E-state index is 12.8. The van der Waals surface area contributed by atoms with Gasteiger partial charge in [-0.05, 0) is 18.1 Å². The van der Waals surface area contributed by atoms with Crippen molar-refractivity contribution in [2.45, 2.75) is 13.8 Å². The highest BCUT2D eigenvalue weighted by Crippen LogP contribution is 2.11. The third-order valence-electron chi connectivity index (χ3n) is 2.10. The Morgan fingerprint density at radius 1 is 1.50 bits per heavy atom. The fraction of sp³-hybridized carbons (Fsp3) is 0.462. The minimum absolute atomic E-state index is 0.307. The van der Waals surface area contributed by atoms with E-state index in [1.54, 1.807) is 12.1 Å². The van der Waals surface area contributed by atoms with E-state index in [0.717, 1.165) is 0 Å². The normalized spacial score (nSPS) is 11.7. The summed E-state index contributed by atoms with van der Waals surface area (Å²) in [4.78, 5) is 4.15. The Bertz CT molecular complexity index is 394. The number of benzene rings is 1. The summed E-state index contributed by atoms with van der Waals surface area (Å²) in [6, 6.07) is 6.04. The molecule has 3 N–H and O–H groups in total. The number of hydrogen-bond donors (Lipinski definition) is 2. The predicted molar refractivity (Wildman–Crippen MR) is 71.2 cm³/mol. The van der Waals surface area contributed by atoms with Gasteiger partial charge in [-0.15, -0.1) is 0 Å². The molecule has 1 aromatic carbocycles. The van der Waals surface area contributed by atoms with E-state index in [-0.39, 0.29) is 5.82 Å². The molecule has 0 aromatic heterocycles. The van der Waals surface area contributed by atoms with Crippen molar-refractivity contribution in [1.82, 2.24) is 5.32 Å². The lowest BCUT2D eigenvalue weighted by Gasteiger charge is -2.08. The summed E-state index contributed by atoms with van der Waals surface area (Å²) in [6.45, 7) is 5.78. The van der Waals surface area contributed by atoms with E-state index in [2.05, 4.69) is 24.2 Å². The topological polar surface area (TPSA) is 59.6 Å². The molecule has 1 rings (SSSR count). The summed E-state index contributed by atoms with van der Waals surface area (Å²) in [7, 11) is 0. The number of aliphatic imine (C=N–C) groups is 1. The van der Waals surface area contributed by atoms with Crippen LogP contribution in [0.25, 0.3) is 0 Å². The second-order valence-electron chi connectivity index (χ2n) is 4.35. The van der Waals surface area contributed by atoms with Crippen molar-refractivity contribution in [3.05, 3.63) is 30.1 Å². The minimum Gasteiger partial charge on any atom is -0.492 e. The monoisotopic (exact) mass is 253 g/mol. The molecule has 0 unspecified atom stereocenters. The van der Waals surface area contributed by atoms with Crippen molar-refractivity contribution in [2.75, 3.05) is 19.7 Å². The Morgan fingerprint density at radius 2 is 2.28 bits per heavy atom. The van der Waals surface area contributed by atoms with E-state index >= 15 is 0 Å². The van der Waals surface area contributed by atoms with E-state index in [4.69, 9.17) is 10.5 Å². The molecule has 0 aliphatic rings. The van der Waals surface area contributed by atoms with Crippen molar-refractivity contribution in [3.63, 3.8) is 0 Å². The Hall–Kier alpha value is -1.78. The van der Waals surface area contributed by atoms with Crippen LogP contribution in [0.4, 0.5) is 4.39 Å². The Balaban J connectivity index is 2.20. The van der Waals surface area contributed by atoms with Gasteiger partial charge in [0.25, 0.3) is 0 Å². The van der Waals surface area contributed by atoms with Crippen LogP contribution in [0.3, 0.4) is 0 Å². The summed E-state index contributed by atoms with van der Waals surface area (Å²) in [5, 5.41) is 2.93. The quantitative estimate of drug-likeness (QED) is 0.461. The molecule has 0 amide bonds. The fourth-order valence-corrected chi connectivity index (χ4v) is 1.24. The van der Waals surface area contributed by atoms with Crippen LogP contribution >= 0.6 is 0 Å². The summed E-state index contributed by atoms with van der Waals surface area (Å²) in [5.74, 6) is 1.09. The zero-order valence-electron chi connectivity index (χ0n) is 10.8. The van der Waals surface area contributed by atoms with Gasteiger partial charge in [-0.2, -0.15) is 0 Å². The van der Waals surface area contributed by atoms with Gasteiger partial charge >= 0.3 is 0 Å². The van der Waals surface area contributed by atoms with Crippen LogP contribution in [0.5, 0.6) is 5.75 Å². The van der Waals surface area contributed by atoms with E-state index in [0.29, 0.717) is 37.3 Å². The maximum atomic E-state index is 12.8. The van der Waals surface area contributed by atoms with E-state index in [1.165, 1.54) is 12.1 Å². The zero-order valence-corrected chi connectivity index (χ0v) is 10.8. The molecule has 4 nitrogen and oxygen atoms in total. The number of nitrogens with zero attached hydrogens (tertiary/aromatic N) is 1. The van der Waals surface area contributed by atoms with Gasteiger partial charge in [0.05, 0.1) is 6.54 Å². The highest BCUT2D eigenvalue weighted by Gasteiger charge is 1.97. The average molecular weight is 253 g/mol. The lowest BCUT2D eigenvalue weighted by Crippen LogP contribution is -2.35. The Morgan fingerprint density at radius 3 is 2.94 bits per heavy atom. The van der Waals surface area contributed by atoms with Crippen molar-refractivity contribution < 1.29 is 9.13 Å². The molecule has 0 saturated carbocycles. The second-order valence-corrected chi connectivity index (χ2v) is 4.35. The van der Waals surface area contributed by atoms with Crippen LogP contribution in [0.15, 0.2) is 29.3 Å². The molecule has 0 spiro atoms.